The van der Waals surface area contributed by atoms with Crippen molar-refractivity contribution in [3.63, 3.8) is 0 Å². The first-order chi connectivity index (χ1) is 7.47. The molecule has 16 heavy (non-hydrogen) atoms. The van der Waals surface area contributed by atoms with E-state index in [0.29, 0.717) is 0 Å². The normalized spacial score (nSPS) is 9.88. The van der Waals surface area contributed by atoms with E-state index in [-0.39, 0.29) is 18.3 Å². The van der Waals surface area contributed by atoms with Crippen molar-refractivity contribution in [2.75, 3.05) is 6.61 Å². The summed E-state index contributed by atoms with van der Waals surface area (Å²) < 4.78 is 4.90. The summed E-state index contributed by atoms with van der Waals surface area (Å²) in [6.45, 7) is 3.24. The highest BCUT2D eigenvalue weighted by atomic mass is 16.6. The van der Waals surface area contributed by atoms with Gasteiger partial charge in [0.25, 0.3) is 0 Å². The molecule has 0 saturated heterocycles. The number of carboxylic acid groups (broad SMARTS) is 1. The van der Waals surface area contributed by atoms with E-state index in [4.69, 9.17) is 9.84 Å². The van der Waals surface area contributed by atoms with E-state index in [1.54, 1.807) is 6.92 Å². The summed E-state index contributed by atoms with van der Waals surface area (Å²) in [5, 5.41) is 19.4. The first-order valence-electron chi connectivity index (χ1n) is 4.36. The fourth-order valence-corrected chi connectivity index (χ4v) is 1.10. The van der Waals surface area contributed by atoms with Crippen LogP contribution in [0.5, 0.6) is 6.01 Å². The van der Waals surface area contributed by atoms with Gasteiger partial charge >= 0.3 is 17.7 Å². The van der Waals surface area contributed by atoms with Gasteiger partial charge in [0.15, 0.2) is 0 Å². The molecule has 86 valence electrons. The Labute approximate surface area is 90.1 Å². The smallest absolute Gasteiger partial charge is 0.362 e. The first-order valence-corrected chi connectivity index (χ1v) is 4.36. The molecule has 0 aromatic carbocycles. The second-order valence-corrected chi connectivity index (χ2v) is 2.78. The van der Waals surface area contributed by atoms with E-state index in [1.165, 1.54) is 6.92 Å². The van der Waals surface area contributed by atoms with Crippen molar-refractivity contribution in [1.29, 1.82) is 0 Å². The summed E-state index contributed by atoms with van der Waals surface area (Å²) in [6.07, 6.45) is 0. The molecule has 0 aliphatic carbocycles. The van der Waals surface area contributed by atoms with E-state index in [0.717, 1.165) is 0 Å². The number of carboxylic acids is 1. The minimum atomic E-state index is -1.49. The summed E-state index contributed by atoms with van der Waals surface area (Å²) in [6, 6.07) is -0.178. The number of ether oxygens (including phenoxy) is 1. The zero-order valence-corrected chi connectivity index (χ0v) is 8.63. The Kier molecular flexibility index (Phi) is 3.33. The summed E-state index contributed by atoms with van der Waals surface area (Å²) in [7, 11) is 0. The van der Waals surface area contributed by atoms with Crippen molar-refractivity contribution in [3.05, 3.63) is 21.5 Å². The van der Waals surface area contributed by atoms with Crippen LogP contribution in [-0.2, 0) is 0 Å². The van der Waals surface area contributed by atoms with Gasteiger partial charge in [-0.2, -0.15) is 9.97 Å². The average Bonchev–Trinajstić information content (AvgIpc) is 2.16. The van der Waals surface area contributed by atoms with Gasteiger partial charge in [0, 0.05) is 0 Å². The SMILES string of the molecule is CCOc1nc(C)c([N+](=O)[O-])c(C(=O)O)n1. The molecule has 0 aliphatic rings. The van der Waals surface area contributed by atoms with Crippen LogP contribution < -0.4 is 4.74 Å². The van der Waals surface area contributed by atoms with Gasteiger partial charge in [0.2, 0.25) is 5.69 Å². The molecule has 0 saturated carbocycles. The van der Waals surface area contributed by atoms with Gasteiger partial charge in [-0.15, -0.1) is 0 Å². The Bertz CT molecular complexity index is 446. The number of nitrogens with zero attached hydrogens (tertiary/aromatic N) is 3. The van der Waals surface area contributed by atoms with Crippen molar-refractivity contribution in [2.24, 2.45) is 0 Å². The Hall–Kier alpha value is -2.25. The highest BCUT2D eigenvalue weighted by Gasteiger charge is 2.27. The van der Waals surface area contributed by atoms with Crippen LogP contribution >= 0.6 is 0 Å². The quantitative estimate of drug-likeness (QED) is 0.597. The Morgan fingerprint density at radius 2 is 2.19 bits per heavy atom. The number of nitro groups is 1. The number of aryl methyl sites for hydroxylation is 1. The van der Waals surface area contributed by atoms with Gasteiger partial charge in [-0.25, -0.2) is 4.79 Å². The highest BCUT2D eigenvalue weighted by molar-refractivity contribution is 5.90. The summed E-state index contributed by atoms with van der Waals surface area (Å²) in [4.78, 5) is 27.8. The maximum atomic E-state index is 10.8. The van der Waals surface area contributed by atoms with Crippen LogP contribution in [0.3, 0.4) is 0 Å². The maximum Gasteiger partial charge on any atom is 0.362 e. The molecule has 0 atom stereocenters. The van der Waals surface area contributed by atoms with Crippen molar-refractivity contribution in [2.45, 2.75) is 13.8 Å². The molecule has 1 N–H and O–H groups in total. The average molecular weight is 227 g/mol. The van der Waals surface area contributed by atoms with Gasteiger partial charge < -0.3 is 9.84 Å². The Balaban J connectivity index is 3.39. The summed E-state index contributed by atoms with van der Waals surface area (Å²) in [5.41, 5.74) is -1.32. The molecule has 1 rings (SSSR count). The first kappa shape index (κ1) is 11.8. The molecule has 0 radical (unpaired) electrons. The molecule has 0 bridgehead atoms. The molecule has 8 heteroatoms. The van der Waals surface area contributed by atoms with Crippen LogP contribution in [0.2, 0.25) is 0 Å². The molecule has 0 amide bonds. The third kappa shape index (κ3) is 2.22. The van der Waals surface area contributed by atoms with Crippen LogP contribution in [-0.4, -0.2) is 32.6 Å². The van der Waals surface area contributed by atoms with E-state index in [9.17, 15) is 14.9 Å². The number of rotatable bonds is 4. The zero-order chi connectivity index (χ0) is 12.3. The Morgan fingerprint density at radius 3 is 2.62 bits per heavy atom. The van der Waals surface area contributed by atoms with E-state index in [2.05, 4.69) is 9.97 Å². The molecule has 1 aromatic rings. The lowest BCUT2D eigenvalue weighted by Crippen LogP contribution is -2.11. The molecular weight excluding hydrogens is 218 g/mol. The number of hydrogen-bond acceptors (Lipinski definition) is 6. The molecule has 0 unspecified atom stereocenters. The second kappa shape index (κ2) is 4.51. The van der Waals surface area contributed by atoms with Gasteiger partial charge in [-0.3, -0.25) is 10.1 Å². The molecule has 1 aromatic heterocycles. The van der Waals surface area contributed by atoms with Crippen molar-refractivity contribution in [3.8, 4) is 6.01 Å². The largest absolute Gasteiger partial charge is 0.476 e. The molecular formula is C8H9N3O5. The number of aromatic carboxylic acids is 1. The predicted octanol–water partition coefficient (Wildman–Crippen LogP) is 0.790. The van der Waals surface area contributed by atoms with Gasteiger partial charge in [0.1, 0.15) is 5.69 Å². The van der Waals surface area contributed by atoms with E-state index >= 15 is 0 Å². The highest BCUT2D eigenvalue weighted by Crippen LogP contribution is 2.22. The van der Waals surface area contributed by atoms with E-state index in [1.807, 2.05) is 0 Å². The fraction of sp³-hybridized carbons (Fsp3) is 0.375. The minimum absolute atomic E-state index is 0.0409. The molecule has 0 aliphatic heterocycles. The number of aromatic nitrogens is 2. The molecule has 1 heterocycles. The monoisotopic (exact) mass is 227 g/mol. The second-order valence-electron chi connectivity index (χ2n) is 2.78. The minimum Gasteiger partial charge on any atom is -0.476 e. The Morgan fingerprint density at radius 1 is 1.56 bits per heavy atom. The lowest BCUT2D eigenvalue weighted by atomic mass is 10.3. The van der Waals surface area contributed by atoms with Crippen LogP contribution in [0, 0.1) is 17.0 Å². The third-order valence-corrected chi connectivity index (χ3v) is 1.70. The van der Waals surface area contributed by atoms with Crippen molar-refractivity contribution >= 4 is 11.7 Å². The maximum absolute atomic E-state index is 10.8. The third-order valence-electron chi connectivity index (χ3n) is 1.70. The van der Waals surface area contributed by atoms with Crippen molar-refractivity contribution in [1.82, 2.24) is 9.97 Å². The van der Waals surface area contributed by atoms with Crippen LogP contribution in [0.15, 0.2) is 0 Å². The summed E-state index contributed by atoms with van der Waals surface area (Å²) in [5.74, 6) is -1.49. The van der Waals surface area contributed by atoms with Gasteiger partial charge in [-0.1, -0.05) is 0 Å². The zero-order valence-electron chi connectivity index (χ0n) is 8.63. The van der Waals surface area contributed by atoms with E-state index < -0.39 is 22.3 Å². The predicted molar refractivity (Wildman–Crippen MR) is 51.6 cm³/mol. The summed E-state index contributed by atoms with van der Waals surface area (Å²) >= 11 is 0. The number of carbonyl (C=O) groups is 1. The van der Waals surface area contributed by atoms with Crippen LogP contribution in [0.1, 0.15) is 23.1 Å². The lowest BCUT2D eigenvalue weighted by molar-refractivity contribution is -0.386. The molecule has 0 spiro atoms. The van der Waals surface area contributed by atoms with Crippen LogP contribution in [0.4, 0.5) is 5.69 Å². The molecule has 0 fully saturated rings. The number of hydrogen-bond donors (Lipinski definition) is 1. The standard InChI is InChI=1S/C8H9N3O5/c1-3-16-8-9-4(2)6(11(14)15)5(10-8)7(12)13/h3H2,1-2H3,(H,12,13). The van der Waals surface area contributed by atoms with Crippen LogP contribution in [0.25, 0.3) is 0 Å². The van der Waals surface area contributed by atoms with Crippen molar-refractivity contribution < 1.29 is 19.6 Å². The van der Waals surface area contributed by atoms with Gasteiger partial charge in [0.05, 0.1) is 11.5 Å². The topological polar surface area (TPSA) is 115 Å². The fourth-order valence-electron chi connectivity index (χ4n) is 1.10. The lowest BCUT2D eigenvalue weighted by Gasteiger charge is -2.04. The van der Waals surface area contributed by atoms with Gasteiger partial charge in [-0.05, 0) is 13.8 Å². The molecule has 8 nitrogen and oxygen atoms in total.